The number of nitrogens with one attached hydrogen (secondary N) is 2. The van der Waals surface area contributed by atoms with E-state index in [2.05, 4.69) is 10.6 Å². The van der Waals surface area contributed by atoms with Crippen molar-refractivity contribution in [3.8, 4) is 0 Å². The van der Waals surface area contributed by atoms with Gasteiger partial charge in [-0.1, -0.05) is 12.8 Å². The molecule has 0 aliphatic carbocycles. The van der Waals surface area contributed by atoms with Crippen LogP contribution in [-0.2, 0) is 4.74 Å². The summed E-state index contributed by atoms with van der Waals surface area (Å²) in [6, 6.07) is 0. The van der Waals surface area contributed by atoms with Crippen molar-refractivity contribution >= 4 is 0 Å². The summed E-state index contributed by atoms with van der Waals surface area (Å²) < 4.78 is 4.98. The molecule has 0 saturated heterocycles. The van der Waals surface area contributed by atoms with Gasteiger partial charge in [-0.05, 0) is 26.4 Å². The van der Waals surface area contributed by atoms with E-state index in [1.165, 1.54) is 25.7 Å². The lowest BCUT2D eigenvalue weighted by Crippen LogP contribution is -2.25. The third-order valence-electron chi connectivity index (χ3n) is 2.00. The second kappa shape index (κ2) is 11.9. The van der Waals surface area contributed by atoms with Crippen LogP contribution < -0.4 is 10.6 Å². The minimum Gasteiger partial charge on any atom is -0.385 e. The Kier molecular flexibility index (Phi) is 11.8. The highest BCUT2D eigenvalue weighted by Crippen LogP contribution is 1.98. The fourth-order valence-corrected chi connectivity index (χ4v) is 1.19. The van der Waals surface area contributed by atoms with E-state index in [-0.39, 0.29) is 0 Å². The van der Waals surface area contributed by atoms with Gasteiger partial charge >= 0.3 is 0 Å². The van der Waals surface area contributed by atoms with Gasteiger partial charge in [0.15, 0.2) is 0 Å². The Balaban J connectivity index is 2.76. The first-order valence-electron chi connectivity index (χ1n) is 5.26. The van der Waals surface area contributed by atoms with Crippen LogP contribution in [0.2, 0.25) is 0 Å². The zero-order valence-corrected chi connectivity index (χ0v) is 9.07. The third kappa shape index (κ3) is 11.9. The summed E-state index contributed by atoms with van der Waals surface area (Å²) in [5.74, 6) is 0. The maximum absolute atomic E-state index is 4.98. The van der Waals surface area contributed by atoms with Crippen LogP contribution >= 0.6 is 0 Å². The number of ether oxygens (including phenoxy) is 1. The SMILES string of the molecule is CNCCNCCCCCCOC. The summed E-state index contributed by atoms with van der Waals surface area (Å²) >= 11 is 0. The number of rotatable bonds is 10. The second-order valence-corrected chi connectivity index (χ2v) is 3.26. The molecule has 0 saturated carbocycles. The molecule has 0 atom stereocenters. The van der Waals surface area contributed by atoms with Crippen molar-refractivity contribution in [2.45, 2.75) is 25.7 Å². The Morgan fingerprint density at radius 1 is 0.923 bits per heavy atom. The van der Waals surface area contributed by atoms with Gasteiger partial charge in [-0.2, -0.15) is 0 Å². The van der Waals surface area contributed by atoms with E-state index in [4.69, 9.17) is 4.74 Å². The number of hydrogen-bond donors (Lipinski definition) is 2. The average molecular weight is 188 g/mol. The molecule has 0 rings (SSSR count). The minimum atomic E-state index is 0.910. The highest BCUT2D eigenvalue weighted by atomic mass is 16.5. The molecule has 0 aromatic heterocycles. The smallest absolute Gasteiger partial charge is 0.0462 e. The second-order valence-electron chi connectivity index (χ2n) is 3.26. The van der Waals surface area contributed by atoms with Crippen molar-refractivity contribution in [2.75, 3.05) is 40.4 Å². The summed E-state index contributed by atoms with van der Waals surface area (Å²) in [5.41, 5.74) is 0. The molecule has 80 valence electrons. The summed E-state index contributed by atoms with van der Waals surface area (Å²) in [6.07, 6.45) is 5.10. The van der Waals surface area contributed by atoms with E-state index in [0.717, 1.165) is 26.2 Å². The molecular weight excluding hydrogens is 164 g/mol. The van der Waals surface area contributed by atoms with Gasteiger partial charge in [0.05, 0.1) is 0 Å². The maximum Gasteiger partial charge on any atom is 0.0462 e. The quantitative estimate of drug-likeness (QED) is 0.502. The lowest BCUT2D eigenvalue weighted by atomic mass is 10.2. The Bertz CT molecular complexity index is 79.0. The third-order valence-corrected chi connectivity index (χ3v) is 2.00. The summed E-state index contributed by atoms with van der Waals surface area (Å²) in [6.45, 7) is 4.19. The molecule has 0 amide bonds. The van der Waals surface area contributed by atoms with Gasteiger partial charge < -0.3 is 15.4 Å². The van der Waals surface area contributed by atoms with Crippen LogP contribution in [0, 0.1) is 0 Å². The van der Waals surface area contributed by atoms with Crippen LogP contribution in [0.1, 0.15) is 25.7 Å². The molecule has 0 fully saturated rings. The predicted molar refractivity (Wildman–Crippen MR) is 57.1 cm³/mol. The minimum absolute atomic E-state index is 0.910. The van der Waals surface area contributed by atoms with Crippen molar-refractivity contribution in [1.82, 2.24) is 10.6 Å². The summed E-state index contributed by atoms with van der Waals surface area (Å²) in [5, 5.41) is 6.49. The Morgan fingerprint density at radius 2 is 1.69 bits per heavy atom. The molecule has 0 radical (unpaired) electrons. The van der Waals surface area contributed by atoms with Gasteiger partial charge in [-0.3, -0.25) is 0 Å². The Morgan fingerprint density at radius 3 is 2.38 bits per heavy atom. The zero-order valence-electron chi connectivity index (χ0n) is 9.07. The fourth-order valence-electron chi connectivity index (χ4n) is 1.19. The van der Waals surface area contributed by atoms with E-state index in [9.17, 15) is 0 Å². The van der Waals surface area contributed by atoms with Gasteiger partial charge in [0.2, 0.25) is 0 Å². The van der Waals surface area contributed by atoms with Gasteiger partial charge in [-0.25, -0.2) is 0 Å². The fraction of sp³-hybridized carbons (Fsp3) is 1.00. The van der Waals surface area contributed by atoms with E-state index in [0.29, 0.717) is 0 Å². The monoisotopic (exact) mass is 188 g/mol. The Labute approximate surface area is 82.2 Å². The molecule has 2 N–H and O–H groups in total. The van der Waals surface area contributed by atoms with Crippen LogP contribution in [0.3, 0.4) is 0 Å². The molecule has 3 nitrogen and oxygen atoms in total. The first-order valence-corrected chi connectivity index (χ1v) is 5.26. The molecule has 0 aliphatic heterocycles. The van der Waals surface area contributed by atoms with Crippen molar-refractivity contribution < 1.29 is 4.74 Å². The van der Waals surface area contributed by atoms with Crippen LogP contribution in [-0.4, -0.2) is 40.4 Å². The molecule has 13 heavy (non-hydrogen) atoms. The first kappa shape index (κ1) is 12.9. The topological polar surface area (TPSA) is 33.3 Å². The Hall–Kier alpha value is -0.120. The van der Waals surface area contributed by atoms with Crippen molar-refractivity contribution in [3.05, 3.63) is 0 Å². The maximum atomic E-state index is 4.98. The molecule has 3 heteroatoms. The van der Waals surface area contributed by atoms with Crippen LogP contribution in [0.25, 0.3) is 0 Å². The van der Waals surface area contributed by atoms with Crippen LogP contribution in [0.15, 0.2) is 0 Å². The number of likely N-dealkylation sites (N-methyl/N-ethyl adjacent to an activating group) is 1. The molecule has 0 aliphatic rings. The summed E-state index contributed by atoms with van der Waals surface area (Å²) in [4.78, 5) is 0. The van der Waals surface area contributed by atoms with E-state index >= 15 is 0 Å². The van der Waals surface area contributed by atoms with E-state index < -0.39 is 0 Å². The molecule has 0 aromatic carbocycles. The normalized spacial score (nSPS) is 10.6. The van der Waals surface area contributed by atoms with Gasteiger partial charge in [0.1, 0.15) is 0 Å². The van der Waals surface area contributed by atoms with Crippen molar-refractivity contribution in [2.24, 2.45) is 0 Å². The number of unbranched alkanes of at least 4 members (excludes halogenated alkanes) is 3. The van der Waals surface area contributed by atoms with E-state index in [1.807, 2.05) is 7.05 Å². The molecule has 0 heterocycles. The highest BCUT2D eigenvalue weighted by molar-refractivity contribution is 4.50. The standard InChI is InChI=1S/C10H24N2O/c1-11-8-9-12-7-5-3-4-6-10-13-2/h11-12H,3-10H2,1-2H3. The molecule has 0 bridgehead atoms. The van der Waals surface area contributed by atoms with Gasteiger partial charge in [0.25, 0.3) is 0 Å². The zero-order chi connectivity index (χ0) is 9.78. The molecule has 0 spiro atoms. The molecule has 0 aromatic rings. The molecule has 0 unspecified atom stereocenters. The first-order chi connectivity index (χ1) is 6.41. The summed E-state index contributed by atoms with van der Waals surface area (Å²) in [7, 11) is 3.74. The van der Waals surface area contributed by atoms with Crippen LogP contribution in [0.5, 0.6) is 0 Å². The highest BCUT2D eigenvalue weighted by Gasteiger charge is 1.89. The number of methoxy groups -OCH3 is 1. The van der Waals surface area contributed by atoms with Gasteiger partial charge in [0, 0.05) is 26.8 Å². The average Bonchev–Trinajstić information content (AvgIpc) is 2.16. The van der Waals surface area contributed by atoms with Gasteiger partial charge in [-0.15, -0.1) is 0 Å². The number of hydrogen-bond acceptors (Lipinski definition) is 3. The molecular formula is C10H24N2O. The van der Waals surface area contributed by atoms with Crippen molar-refractivity contribution in [1.29, 1.82) is 0 Å². The van der Waals surface area contributed by atoms with Crippen molar-refractivity contribution in [3.63, 3.8) is 0 Å². The van der Waals surface area contributed by atoms with E-state index in [1.54, 1.807) is 7.11 Å². The predicted octanol–water partition coefficient (Wildman–Crippen LogP) is 1.00. The largest absolute Gasteiger partial charge is 0.385 e. The lowest BCUT2D eigenvalue weighted by Gasteiger charge is -2.03. The van der Waals surface area contributed by atoms with Crippen LogP contribution in [0.4, 0.5) is 0 Å². The lowest BCUT2D eigenvalue weighted by molar-refractivity contribution is 0.192.